The van der Waals surface area contributed by atoms with Gasteiger partial charge in [-0.15, -0.1) is 10.2 Å². The molecular weight excluding hydrogens is 330 g/mol. The van der Waals surface area contributed by atoms with E-state index in [1.54, 1.807) is 36.2 Å². The molecular formula is C18H15N7O. The number of nitrogens with one attached hydrogen (secondary N) is 2. The minimum atomic E-state index is -0.137. The van der Waals surface area contributed by atoms with Crippen LogP contribution in [0.3, 0.4) is 0 Å². The number of carbonyl (C=O) groups is 1. The average molecular weight is 345 g/mol. The van der Waals surface area contributed by atoms with Crippen molar-refractivity contribution in [2.45, 2.75) is 0 Å². The zero-order valence-electron chi connectivity index (χ0n) is 13.9. The molecule has 0 aliphatic carbocycles. The van der Waals surface area contributed by atoms with Crippen molar-refractivity contribution in [3.8, 4) is 6.07 Å². The molecule has 0 fully saturated rings. The maximum Gasteiger partial charge on any atom is 0.258 e. The largest absolute Gasteiger partial charge is 0.360 e. The zero-order chi connectivity index (χ0) is 18.4. The van der Waals surface area contributed by atoms with Gasteiger partial charge in [-0.1, -0.05) is 24.3 Å². The van der Waals surface area contributed by atoms with E-state index in [2.05, 4.69) is 25.9 Å². The molecule has 0 saturated heterocycles. The van der Waals surface area contributed by atoms with Crippen molar-refractivity contribution >= 4 is 22.9 Å². The third kappa shape index (κ3) is 3.73. The van der Waals surface area contributed by atoms with E-state index in [1.807, 2.05) is 36.4 Å². The fourth-order valence-corrected chi connectivity index (χ4v) is 2.28. The smallest absolute Gasteiger partial charge is 0.258 e. The molecule has 0 radical (unpaired) electrons. The number of tetrazole rings is 1. The highest BCUT2D eigenvalue weighted by Crippen LogP contribution is 2.18. The van der Waals surface area contributed by atoms with Gasteiger partial charge in [-0.25, -0.2) is 0 Å². The second-order valence-electron chi connectivity index (χ2n) is 5.33. The molecule has 3 rings (SSSR count). The van der Waals surface area contributed by atoms with Gasteiger partial charge in [0.2, 0.25) is 5.82 Å². The summed E-state index contributed by atoms with van der Waals surface area (Å²) in [5.41, 5.74) is 2.21. The molecule has 2 aromatic carbocycles. The number of aromatic amines is 1. The predicted molar refractivity (Wildman–Crippen MR) is 97.0 cm³/mol. The Labute approximate surface area is 149 Å². The first kappa shape index (κ1) is 16.9. The van der Waals surface area contributed by atoms with Gasteiger partial charge in [0, 0.05) is 30.2 Å². The molecule has 1 amide bonds. The number of para-hydroxylation sites is 1. The first-order chi connectivity index (χ1) is 12.7. The van der Waals surface area contributed by atoms with Gasteiger partial charge in [-0.05, 0) is 35.5 Å². The minimum Gasteiger partial charge on any atom is -0.360 e. The van der Waals surface area contributed by atoms with Crippen molar-refractivity contribution in [1.82, 2.24) is 20.6 Å². The molecule has 1 aromatic heterocycles. The summed E-state index contributed by atoms with van der Waals surface area (Å²) in [6.45, 7) is 0. The highest BCUT2D eigenvalue weighted by atomic mass is 16.2. The van der Waals surface area contributed by atoms with Gasteiger partial charge in [0.25, 0.3) is 5.91 Å². The highest BCUT2D eigenvalue weighted by Gasteiger charge is 2.13. The Balaban J connectivity index is 1.78. The maximum absolute atomic E-state index is 12.7. The van der Waals surface area contributed by atoms with Crippen LogP contribution in [0.1, 0.15) is 16.2 Å². The number of benzene rings is 2. The van der Waals surface area contributed by atoms with Gasteiger partial charge in [0.05, 0.1) is 0 Å². The van der Waals surface area contributed by atoms with E-state index in [9.17, 15) is 10.1 Å². The molecule has 0 saturated carbocycles. The summed E-state index contributed by atoms with van der Waals surface area (Å²) < 4.78 is 0. The number of allylic oxidation sites excluding steroid dienone is 1. The van der Waals surface area contributed by atoms with Gasteiger partial charge in [0.15, 0.2) is 0 Å². The van der Waals surface area contributed by atoms with E-state index in [4.69, 9.17) is 0 Å². The number of H-pyrrole nitrogens is 1. The Hall–Kier alpha value is -3.99. The molecule has 0 aliphatic rings. The Morgan fingerprint density at radius 3 is 2.73 bits per heavy atom. The molecule has 8 heteroatoms. The van der Waals surface area contributed by atoms with E-state index in [0.717, 1.165) is 5.69 Å². The van der Waals surface area contributed by atoms with Gasteiger partial charge in [-0.2, -0.15) is 10.5 Å². The number of hydrogen-bond donors (Lipinski definition) is 2. The SMILES string of the molecule is CN(C(=O)c1cccc(NC=C(C#N)c2nn[nH]n2)c1)c1ccccc1. The normalized spacial score (nSPS) is 10.8. The standard InChI is InChI=1S/C18H15N7O/c1-25(16-8-3-2-4-9-16)18(26)13-6-5-7-15(10-13)20-12-14(11-19)17-21-23-24-22-17/h2-10,12,20H,1H3,(H,21,22,23,24). The number of hydrogen-bond acceptors (Lipinski definition) is 6. The topological polar surface area (TPSA) is 111 Å². The van der Waals surface area contributed by atoms with Crippen LogP contribution >= 0.6 is 0 Å². The van der Waals surface area contributed by atoms with E-state index in [0.29, 0.717) is 11.3 Å². The fourth-order valence-electron chi connectivity index (χ4n) is 2.28. The fraction of sp³-hybridized carbons (Fsp3) is 0.0556. The lowest BCUT2D eigenvalue weighted by molar-refractivity contribution is 0.0993. The summed E-state index contributed by atoms with van der Waals surface area (Å²) in [7, 11) is 1.72. The van der Waals surface area contributed by atoms with Gasteiger partial charge in [0.1, 0.15) is 11.6 Å². The first-order valence-corrected chi connectivity index (χ1v) is 7.73. The van der Waals surface area contributed by atoms with Crippen LogP contribution in [0.5, 0.6) is 0 Å². The summed E-state index contributed by atoms with van der Waals surface area (Å²) in [4.78, 5) is 14.3. The van der Waals surface area contributed by atoms with Gasteiger partial charge < -0.3 is 10.2 Å². The third-order valence-corrected chi connectivity index (χ3v) is 3.65. The Bertz CT molecular complexity index is 959. The van der Waals surface area contributed by atoms with Crippen LogP contribution in [0.25, 0.3) is 5.57 Å². The molecule has 3 aromatic rings. The Morgan fingerprint density at radius 1 is 1.23 bits per heavy atom. The summed E-state index contributed by atoms with van der Waals surface area (Å²) in [6.07, 6.45) is 1.47. The summed E-state index contributed by atoms with van der Waals surface area (Å²) in [5, 5.41) is 25.4. The van der Waals surface area contributed by atoms with Crippen LogP contribution in [-0.2, 0) is 0 Å². The van der Waals surface area contributed by atoms with Crippen molar-refractivity contribution in [2.75, 3.05) is 17.3 Å². The number of carbonyl (C=O) groups excluding carboxylic acids is 1. The van der Waals surface area contributed by atoms with Crippen LogP contribution < -0.4 is 10.2 Å². The number of rotatable bonds is 5. The quantitative estimate of drug-likeness (QED) is 0.687. The number of nitriles is 1. The molecule has 0 spiro atoms. The van der Waals surface area contributed by atoms with Crippen LogP contribution in [-0.4, -0.2) is 33.6 Å². The lowest BCUT2D eigenvalue weighted by atomic mass is 10.1. The summed E-state index contributed by atoms with van der Waals surface area (Å²) in [5.74, 6) is 0.0542. The molecule has 26 heavy (non-hydrogen) atoms. The Kier molecular flexibility index (Phi) is 5.00. The molecule has 0 atom stereocenters. The van der Waals surface area contributed by atoms with E-state index < -0.39 is 0 Å². The first-order valence-electron chi connectivity index (χ1n) is 7.73. The number of nitrogens with zero attached hydrogens (tertiary/aromatic N) is 5. The minimum absolute atomic E-state index is 0.137. The predicted octanol–water partition coefficient (Wildman–Crippen LogP) is 2.45. The van der Waals surface area contributed by atoms with Crippen molar-refractivity contribution < 1.29 is 4.79 Å². The molecule has 128 valence electrons. The molecule has 0 bridgehead atoms. The van der Waals surface area contributed by atoms with Crippen LogP contribution in [0, 0.1) is 11.3 Å². The second kappa shape index (κ2) is 7.72. The molecule has 8 nitrogen and oxygen atoms in total. The average Bonchev–Trinajstić information content (AvgIpc) is 3.23. The van der Waals surface area contributed by atoms with Crippen molar-refractivity contribution in [1.29, 1.82) is 5.26 Å². The number of amides is 1. The lowest BCUT2D eigenvalue weighted by Crippen LogP contribution is -2.26. The number of aromatic nitrogens is 4. The van der Waals surface area contributed by atoms with E-state index >= 15 is 0 Å². The van der Waals surface area contributed by atoms with Gasteiger partial charge in [-0.3, -0.25) is 4.79 Å². The van der Waals surface area contributed by atoms with Gasteiger partial charge >= 0.3 is 0 Å². The summed E-state index contributed by atoms with van der Waals surface area (Å²) >= 11 is 0. The number of anilines is 2. The molecule has 1 heterocycles. The van der Waals surface area contributed by atoms with Crippen molar-refractivity contribution in [3.05, 3.63) is 72.2 Å². The highest BCUT2D eigenvalue weighted by molar-refractivity contribution is 6.06. The molecule has 2 N–H and O–H groups in total. The van der Waals surface area contributed by atoms with Crippen molar-refractivity contribution in [3.63, 3.8) is 0 Å². The van der Waals surface area contributed by atoms with Crippen LogP contribution in [0.4, 0.5) is 11.4 Å². The van der Waals surface area contributed by atoms with E-state index in [-0.39, 0.29) is 17.3 Å². The second-order valence-corrected chi connectivity index (χ2v) is 5.33. The molecule has 0 aliphatic heterocycles. The molecule has 0 unspecified atom stereocenters. The van der Waals surface area contributed by atoms with E-state index in [1.165, 1.54) is 6.20 Å². The third-order valence-electron chi connectivity index (χ3n) is 3.65. The zero-order valence-corrected chi connectivity index (χ0v) is 13.9. The maximum atomic E-state index is 12.7. The lowest BCUT2D eigenvalue weighted by Gasteiger charge is -2.17. The van der Waals surface area contributed by atoms with Crippen LogP contribution in [0.15, 0.2) is 60.8 Å². The Morgan fingerprint density at radius 2 is 2.04 bits per heavy atom. The van der Waals surface area contributed by atoms with Crippen LogP contribution in [0.2, 0.25) is 0 Å². The monoisotopic (exact) mass is 345 g/mol. The van der Waals surface area contributed by atoms with Crippen molar-refractivity contribution in [2.24, 2.45) is 0 Å². The summed E-state index contributed by atoms with van der Waals surface area (Å²) in [6, 6.07) is 18.4.